The third kappa shape index (κ3) is 3.44. The van der Waals surface area contributed by atoms with Gasteiger partial charge in [-0.1, -0.05) is 6.07 Å². The van der Waals surface area contributed by atoms with Gasteiger partial charge in [0.15, 0.2) is 6.61 Å². The molecule has 0 unspecified atom stereocenters. The van der Waals surface area contributed by atoms with E-state index in [0.29, 0.717) is 11.4 Å². The van der Waals surface area contributed by atoms with E-state index in [9.17, 15) is 14.0 Å². The van der Waals surface area contributed by atoms with E-state index in [4.69, 9.17) is 9.15 Å². The second-order valence-electron chi connectivity index (χ2n) is 4.03. The molecule has 0 aliphatic heterocycles. The molecule has 1 heterocycles. The number of halogens is 1. The van der Waals surface area contributed by atoms with Crippen LogP contribution in [0.1, 0.15) is 16.1 Å². The van der Waals surface area contributed by atoms with Crippen molar-refractivity contribution in [3.63, 3.8) is 0 Å². The number of carbonyl (C=O) groups excluding carboxylic acids is 2. The second kappa shape index (κ2) is 6.01. The van der Waals surface area contributed by atoms with Gasteiger partial charge >= 0.3 is 5.97 Å². The van der Waals surface area contributed by atoms with Gasteiger partial charge in [0, 0.05) is 5.69 Å². The van der Waals surface area contributed by atoms with Gasteiger partial charge in [-0.15, -0.1) is 0 Å². The molecule has 0 spiro atoms. The highest BCUT2D eigenvalue weighted by atomic mass is 19.1. The summed E-state index contributed by atoms with van der Waals surface area (Å²) in [6.45, 7) is 1.16. The van der Waals surface area contributed by atoms with Gasteiger partial charge in [-0.2, -0.15) is 0 Å². The Balaban J connectivity index is 1.87. The molecule has 20 heavy (non-hydrogen) atoms. The van der Waals surface area contributed by atoms with Crippen LogP contribution in [0.5, 0.6) is 0 Å². The van der Waals surface area contributed by atoms with Crippen molar-refractivity contribution >= 4 is 17.6 Å². The Morgan fingerprint density at radius 1 is 1.35 bits per heavy atom. The highest BCUT2D eigenvalue weighted by Gasteiger charge is 2.14. The van der Waals surface area contributed by atoms with Gasteiger partial charge in [-0.05, 0) is 31.2 Å². The van der Waals surface area contributed by atoms with Crippen LogP contribution in [0.4, 0.5) is 10.1 Å². The summed E-state index contributed by atoms with van der Waals surface area (Å²) in [5.74, 6) is -1.25. The number of hydrogen-bond donors (Lipinski definition) is 1. The third-order valence-electron chi connectivity index (χ3n) is 2.52. The first-order chi connectivity index (χ1) is 9.56. The van der Waals surface area contributed by atoms with E-state index in [1.54, 1.807) is 6.92 Å². The van der Waals surface area contributed by atoms with Crippen LogP contribution in [-0.2, 0) is 9.53 Å². The van der Waals surface area contributed by atoms with Gasteiger partial charge in [0.1, 0.15) is 17.1 Å². The van der Waals surface area contributed by atoms with E-state index in [-0.39, 0.29) is 5.56 Å². The molecular weight excluding hydrogens is 265 g/mol. The predicted molar refractivity (Wildman–Crippen MR) is 68.8 cm³/mol. The van der Waals surface area contributed by atoms with E-state index in [0.717, 1.165) is 0 Å². The highest BCUT2D eigenvalue weighted by Crippen LogP contribution is 2.11. The molecule has 0 bridgehead atoms. The Morgan fingerprint density at radius 3 is 2.80 bits per heavy atom. The van der Waals surface area contributed by atoms with E-state index in [2.05, 4.69) is 5.32 Å². The third-order valence-corrected chi connectivity index (χ3v) is 2.52. The maximum atomic E-state index is 12.9. The number of hydrogen-bond acceptors (Lipinski definition) is 4. The minimum atomic E-state index is -0.648. The molecule has 104 valence electrons. The van der Waals surface area contributed by atoms with Crippen molar-refractivity contribution in [1.29, 1.82) is 0 Å². The van der Waals surface area contributed by atoms with Crippen LogP contribution in [-0.4, -0.2) is 18.5 Å². The normalized spacial score (nSPS) is 10.1. The molecule has 0 aliphatic rings. The molecule has 5 nitrogen and oxygen atoms in total. The van der Waals surface area contributed by atoms with Gasteiger partial charge in [0.05, 0.1) is 6.26 Å². The first kappa shape index (κ1) is 13.8. The lowest BCUT2D eigenvalue weighted by Crippen LogP contribution is -2.21. The number of amides is 1. The molecule has 6 heteroatoms. The molecule has 0 atom stereocenters. The van der Waals surface area contributed by atoms with E-state index in [1.807, 2.05) is 0 Å². The largest absolute Gasteiger partial charge is 0.469 e. The Hall–Kier alpha value is -2.63. The number of furan rings is 1. The van der Waals surface area contributed by atoms with Crippen molar-refractivity contribution in [2.45, 2.75) is 6.92 Å². The van der Waals surface area contributed by atoms with Gasteiger partial charge in [0.25, 0.3) is 5.91 Å². The Kier molecular flexibility index (Phi) is 4.14. The summed E-state index contributed by atoms with van der Waals surface area (Å²) >= 11 is 0. The molecule has 0 saturated carbocycles. The topological polar surface area (TPSA) is 68.5 Å². The van der Waals surface area contributed by atoms with Crippen molar-refractivity contribution in [3.8, 4) is 0 Å². The maximum absolute atomic E-state index is 12.9. The van der Waals surface area contributed by atoms with Crippen LogP contribution in [0.25, 0.3) is 0 Å². The predicted octanol–water partition coefficient (Wildman–Crippen LogP) is 2.52. The molecule has 1 aromatic heterocycles. The fraction of sp³-hybridized carbons (Fsp3) is 0.143. The van der Waals surface area contributed by atoms with Crippen molar-refractivity contribution in [1.82, 2.24) is 0 Å². The highest BCUT2D eigenvalue weighted by molar-refractivity contribution is 5.95. The maximum Gasteiger partial charge on any atom is 0.342 e. The Labute approximate surface area is 114 Å². The lowest BCUT2D eigenvalue weighted by Gasteiger charge is -2.06. The lowest BCUT2D eigenvalue weighted by molar-refractivity contribution is -0.119. The van der Waals surface area contributed by atoms with Crippen molar-refractivity contribution < 1.29 is 23.1 Å². The van der Waals surface area contributed by atoms with Gasteiger partial charge < -0.3 is 14.5 Å². The van der Waals surface area contributed by atoms with Crippen LogP contribution in [0, 0.1) is 12.7 Å². The quantitative estimate of drug-likeness (QED) is 0.872. The standard InChI is InChI=1S/C14H12FNO4/c1-9-12(5-6-19-9)14(18)20-8-13(17)16-11-4-2-3-10(15)7-11/h2-7H,8H2,1H3,(H,16,17). The number of rotatable bonds is 4. The van der Waals surface area contributed by atoms with Gasteiger partial charge in [0.2, 0.25) is 0 Å². The fourth-order valence-corrected chi connectivity index (χ4v) is 1.57. The fourth-order valence-electron chi connectivity index (χ4n) is 1.57. The summed E-state index contributed by atoms with van der Waals surface area (Å²) in [5.41, 5.74) is 0.564. The molecule has 1 amide bonds. The van der Waals surface area contributed by atoms with Crippen molar-refractivity contribution in [2.75, 3.05) is 11.9 Å². The van der Waals surface area contributed by atoms with Gasteiger partial charge in [-0.3, -0.25) is 4.79 Å². The molecular formula is C14H12FNO4. The Bertz CT molecular complexity index is 636. The number of nitrogens with one attached hydrogen (secondary N) is 1. The van der Waals surface area contributed by atoms with Crippen LogP contribution < -0.4 is 5.32 Å². The number of carbonyl (C=O) groups is 2. The van der Waals surface area contributed by atoms with E-state index >= 15 is 0 Å². The zero-order valence-corrected chi connectivity index (χ0v) is 10.7. The number of ether oxygens (including phenoxy) is 1. The Morgan fingerprint density at radius 2 is 2.15 bits per heavy atom. The molecule has 1 aromatic carbocycles. The molecule has 0 fully saturated rings. The van der Waals surface area contributed by atoms with Crippen molar-refractivity contribution in [2.24, 2.45) is 0 Å². The minimum Gasteiger partial charge on any atom is -0.469 e. The zero-order valence-electron chi connectivity index (χ0n) is 10.7. The first-order valence-corrected chi connectivity index (χ1v) is 5.83. The summed E-state index contributed by atoms with van der Waals surface area (Å²) in [6, 6.07) is 6.88. The molecule has 0 saturated heterocycles. The lowest BCUT2D eigenvalue weighted by atomic mass is 10.3. The molecule has 2 rings (SSSR count). The van der Waals surface area contributed by atoms with Crippen LogP contribution in [0.2, 0.25) is 0 Å². The summed E-state index contributed by atoms with van der Waals surface area (Å²) in [4.78, 5) is 23.2. The van der Waals surface area contributed by atoms with Gasteiger partial charge in [-0.25, -0.2) is 9.18 Å². The average molecular weight is 277 g/mol. The second-order valence-corrected chi connectivity index (χ2v) is 4.03. The van der Waals surface area contributed by atoms with E-state index < -0.39 is 24.3 Å². The first-order valence-electron chi connectivity index (χ1n) is 5.83. The SMILES string of the molecule is Cc1occc1C(=O)OCC(=O)Nc1cccc(F)c1. The average Bonchev–Trinajstić information content (AvgIpc) is 2.82. The summed E-state index contributed by atoms with van der Waals surface area (Å²) in [5, 5.41) is 2.42. The number of esters is 1. The molecule has 0 aliphatic carbocycles. The minimum absolute atomic E-state index is 0.267. The van der Waals surface area contributed by atoms with Crippen LogP contribution in [0.3, 0.4) is 0 Å². The summed E-state index contributed by atoms with van der Waals surface area (Å²) < 4.78 is 22.7. The number of benzene rings is 1. The van der Waals surface area contributed by atoms with Crippen molar-refractivity contribution in [3.05, 3.63) is 53.7 Å². The summed E-state index contributed by atoms with van der Waals surface area (Å²) in [7, 11) is 0. The van der Waals surface area contributed by atoms with Crippen LogP contribution in [0.15, 0.2) is 41.0 Å². The monoisotopic (exact) mass is 277 g/mol. The van der Waals surface area contributed by atoms with Crippen LogP contribution >= 0.6 is 0 Å². The number of aryl methyl sites for hydroxylation is 1. The molecule has 0 radical (unpaired) electrons. The smallest absolute Gasteiger partial charge is 0.342 e. The molecule has 2 aromatic rings. The zero-order chi connectivity index (χ0) is 14.5. The molecule has 1 N–H and O–H groups in total. The van der Waals surface area contributed by atoms with E-state index in [1.165, 1.54) is 36.6 Å². The summed E-state index contributed by atoms with van der Waals surface area (Å²) in [6.07, 6.45) is 1.36. The number of anilines is 1.